The van der Waals surface area contributed by atoms with Crippen LogP contribution in [0.5, 0.6) is 0 Å². The van der Waals surface area contributed by atoms with Crippen molar-refractivity contribution < 1.29 is 0 Å². The van der Waals surface area contributed by atoms with Crippen molar-refractivity contribution in [2.24, 2.45) is 0 Å². The van der Waals surface area contributed by atoms with E-state index in [2.05, 4.69) is 16.4 Å². The van der Waals surface area contributed by atoms with E-state index in [0.29, 0.717) is 0 Å². The molecule has 1 aromatic heterocycles. The second-order valence-corrected chi connectivity index (χ2v) is 1.67. The summed E-state index contributed by atoms with van der Waals surface area (Å²) in [6, 6.07) is 6.57. The zero-order valence-electron chi connectivity index (χ0n) is 5.39. The third-order valence-electron chi connectivity index (χ3n) is 0.973. The van der Waals surface area contributed by atoms with Crippen molar-refractivity contribution >= 4 is 5.82 Å². The summed E-state index contributed by atoms with van der Waals surface area (Å²) in [5.41, 5.74) is 0. The highest BCUT2D eigenvalue weighted by atomic mass is 15.0. The summed E-state index contributed by atoms with van der Waals surface area (Å²) in [5, 5.41) is 3.08. The summed E-state index contributed by atoms with van der Waals surface area (Å²) in [7, 11) is 0. The van der Waals surface area contributed by atoms with Crippen LogP contribution in [-0.2, 0) is 0 Å². The lowest BCUT2D eigenvalue weighted by Crippen LogP contribution is -1.97. The largest absolute Gasteiger partial charge is 0.370 e. The predicted molar refractivity (Wildman–Crippen MR) is 37.2 cm³/mol. The lowest BCUT2D eigenvalue weighted by molar-refractivity contribution is 1.16. The molecule has 0 fully saturated rings. The smallest absolute Gasteiger partial charge is 0.125 e. The van der Waals surface area contributed by atoms with Gasteiger partial charge in [-0.2, -0.15) is 0 Å². The maximum absolute atomic E-state index is 4.00. The van der Waals surface area contributed by atoms with Crippen LogP contribution in [0.15, 0.2) is 18.3 Å². The monoisotopic (exact) mass is 121 g/mol. The van der Waals surface area contributed by atoms with Gasteiger partial charge in [0.1, 0.15) is 5.82 Å². The van der Waals surface area contributed by atoms with E-state index in [1.54, 1.807) is 6.20 Å². The van der Waals surface area contributed by atoms with Crippen molar-refractivity contribution in [1.29, 1.82) is 0 Å². The van der Waals surface area contributed by atoms with Gasteiger partial charge in [0, 0.05) is 18.8 Å². The third-order valence-corrected chi connectivity index (χ3v) is 0.973. The molecule has 47 valence electrons. The Morgan fingerprint density at radius 1 is 1.78 bits per heavy atom. The third kappa shape index (κ3) is 1.72. The van der Waals surface area contributed by atoms with E-state index in [-0.39, 0.29) is 0 Å². The van der Waals surface area contributed by atoms with Gasteiger partial charge >= 0.3 is 0 Å². The number of nitrogens with one attached hydrogen (secondary N) is 1. The molecule has 1 heterocycles. The summed E-state index contributed by atoms with van der Waals surface area (Å²) in [4.78, 5) is 4.00. The fourth-order valence-electron chi connectivity index (χ4n) is 0.606. The molecule has 1 aromatic rings. The molecule has 0 saturated carbocycles. The SMILES string of the molecule is CCNc1cc[c]cn1. The molecule has 0 saturated heterocycles. The first kappa shape index (κ1) is 6.08. The lowest BCUT2D eigenvalue weighted by atomic mass is 10.5. The Morgan fingerprint density at radius 3 is 3.22 bits per heavy atom. The Balaban J connectivity index is 2.61. The van der Waals surface area contributed by atoms with Crippen molar-refractivity contribution in [2.45, 2.75) is 6.92 Å². The van der Waals surface area contributed by atoms with Crippen molar-refractivity contribution in [3.8, 4) is 0 Å². The lowest BCUT2D eigenvalue weighted by Gasteiger charge is -1.97. The van der Waals surface area contributed by atoms with Gasteiger partial charge in [-0.25, -0.2) is 4.98 Å². The molecule has 0 amide bonds. The average molecular weight is 121 g/mol. The Kier molecular flexibility index (Phi) is 2.07. The van der Waals surface area contributed by atoms with Gasteiger partial charge in [-0.1, -0.05) is 0 Å². The van der Waals surface area contributed by atoms with E-state index in [1.165, 1.54) is 0 Å². The highest BCUT2D eigenvalue weighted by Gasteiger charge is 1.83. The van der Waals surface area contributed by atoms with Gasteiger partial charge in [0.2, 0.25) is 0 Å². The Bertz CT molecular complexity index is 160. The van der Waals surface area contributed by atoms with Crippen LogP contribution in [0.3, 0.4) is 0 Å². The number of anilines is 1. The van der Waals surface area contributed by atoms with Crippen LogP contribution in [0.1, 0.15) is 6.92 Å². The van der Waals surface area contributed by atoms with Crippen LogP contribution in [0.25, 0.3) is 0 Å². The number of nitrogens with zero attached hydrogens (tertiary/aromatic N) is 1. The van der Waals surface area contributed by atoms with E-state index in [9.17, 15) is 0 Å². The van der Waals surface area contributed by atoms with Crippen LogP contribution in [-0.4, -0.2) is 11.5 Å². The van der Waals surface area contributed by atoms with E-state index in [1.807, 2.05) is 19.1 Å². The molecule has 0 atom stereocenters. The highest BCUT2D eigenvalue weighted by Crippen LogP contribution is 1.96. The van der Waals surface area contributed by atoms with Gasteiger partial charge in [-0.05, 0) is 19.1 Å². The van der Waals surface area contributed by atoms with E-state index >= 15 is 0 Å². The molecule has 0 aliphatic carbocycles. The highest BCUT2D eigenvalue weighted by molar-refractivity contribution is 5.32. The first-order valence-electron chi connectivity index (χ1n) is 2.99. The normalized spacial score (nSPS) is 9.00. The first-order chi connectivity index (χ1) is 4.43. The van der Waals surface area contributed by atoms with Crippen LogP contribution < -0.4 is 5.32 Å². The van der Waals surface area contributed by atoms with Gasteiger partial charge in [-0.3, -0.25) is 0 Å². The molecule has 2 heteroatoms. The van der Waals surface area contributed by atoms with Crippen LogP contribution >= 0.6 is 0 Å². The Labute approximate surface area is 54.9 Å². The number of pyridine rings is 1. The van der Waals surface area contributed by atoms with E-state index in [4.69, 9.17) is 0 Å². The van der Waals surface area contributed by atoms with Crippen LogP contribution in [0.2, 0.25) is 0 Å². The van der Waals surface area contributed by atoms with Gasteiger partial charge in [0.05, 0.1) is 0 Å². The zero-order valence-corrected chi connectivity index (χ0v) is 5.39. The van der Waals surface area contributed by atoms with Crippen LogP contribution in [0.4, 0.5) is 5.82 Å². The molecule has 0 aliphatic heterocycles. The van der Waals surface area contributed by atoms with Gasteiger partial charge in [-0.15, -0.1) is 0 Å². The maximum Gasteiger partial charge on any atom is 0.125 e. The molecule has 2 nitrogen and oxygen atoms in total. The molecule has 0 spiro atoms. The van der Waals surface area contributed by atoms with Crippen molar-refractivity contribution in [1.82, 2.24) is 4.98 Å². The fraction of sp³-hybridized carbons (Fsp3) is 0.286. The standard InChI is InChI=1S/C7H9N2/c1-2-8-7-5-3-4-6-9-7/h3,5-6H,2H2,1H3,(H,8,9). The van der Waals surface area contributed by atoms with Gasteiger partial charge in [0.25, 0.3) is 0 Å². The molecule has 0 bridgehead atoms. The average Bonchev–Trinajstić information content (AvgIpc) is 1.91. The molecule has 1 radical (unpaired) electrons. The summed E-state index contributed by atoms with van der Waals surface area (Å²) < 4.78 is 0. The van der Waals surface area contributed by atoms with Gasteiger partial charge < -0.3 is 5.32 Å². The molecule has 0 aliphatic rings. The molecular formula is C7H9N2. The number of hydrogen-bond donors (Lipinski definition) is 1. The predicted octanol–water partition coefficient (Wildman–Crippen LogP) is 1.31. The molecule has 0 aromatic carbocycles. The quantitative estimate of drug-likeness (QED) is 0.638. The van der Waals surface area contributed by atoms with E-state index < -0.39 is 0 Å². The summed E-state index contributed by atoms with van der Waals surface area (Å²) in [6.45, 7) is 2.95. The summed E-state index contributed by atoms with van der Waals surface area (Å²) >= 11 is 0. The molecular weight excluding hydrogens is 112 g/mol. The minimum atomic E-state index is 0.913. The van der Waals surface area contributed by atoms with Crippen molar-refractivity contribution in [3.63, 3.8) is 0 Å². The van der Waals surface area contributed by atoms with Crippen molar-refractivity contribution in [2.75, 3.05) is 11.9 Å². The van der Waals surface area contributed by atoms with Crippen LogP contribution in [0, 0.1) is 6.07 Å². The molecule has 1 N–H and O–H groups in total. The molecule has 9 heavy (non-hydrogen) atoms. The minimum absolute atomic E-state index is 0.913. The summed E-state index contributed by atoms with van der Waals surface area (Å²) in [5.74, 6) is 0.913. The topological polar surface area (TPSA) is 24.9 Å². The molecule has 0 unspecified atom stereocenters. The Morgan fingerprint density at radius 2 is 2.67 bits per heavy atom. The zero-order chi connectivity index (χ0) is 6.53. The Hall–Kier alpha value is -1.05. The van der Waals surface area contributed by atoms with Crippen molar-refractivity contribution in [3.05, 3.63) is 24.4 Å². The number of rotatable bonds is 2. The maximum atomic E-state index is 4.00. The van der Waals surface area contributed by atoms with Gasteiger partial charge in [0.15, 0.2) is 0 Å². The molecule has 1 rings (SSSR count). The fourth-order valence-corrected chi connectivity index (χ4v) is 0.606. The second kappa shape index (κ2) is 3.07. The second-order valence-electron chi connectivity index (χ2n) is 1.67. The van der Waals surface area contributed by atoms with E-state index in [0.717, 1.165) is 12.4 Å². The summed E-state index contributed by atoms with van der Waals surface area (Å²) in [6.07, 6.45) is 1.65. The number of hydrogen-bond acceptors (Lipinski definition) is 2. The minimum Gasteiger partial charge on any atom is -0.370 e. The number of aromatic nitrogens is 1. The first-order valence-corrected chi connectivity index (χ1v) is 2.99.